The minimum Gasteiger partial charge on any atom is -0.497 e. The van der Waals surface area contributed by atoms with Crippen LogP contribution in [-0.4, -0.2) is 24.7 Å². The highest BCUT2D eigenvalue weighted by molar-refractivity contribution is 5.81. The van der Waals surface area contributed by atoms with Crippen LogP contribution in [0.1, 0.15) is 43.4 Å². The van der Waals surface area contributed by atoms with Gasteiger partial charge in [0, 0.05) is 17.9 Å². The van der Waals surface area contributed by atoms with Crippen LogP contribution in [0.3, 0.4) is 0 Å². The predicted molar refractivity (Wildman–Crippen MR) is 124 cm³/mol. The first-order valence-corrected chi connectivity index (χ1v) is 10.5. The average Bonchev–Trinajstić information content (AvgIpc) is 2.79. The lowest BCUT2D eigenvalue weighted by Gasteiger charge is -2.38. The summed E-state index contributed by atoms with van der Waals surface area (Å²) in [4.78, 5) is 12.7. The molecule has 0 heterocycles. The topological polar surface area (TPSA) is 58.6 Å². The van der Waals surface area contributed by atoms with Crippen molar-refractivity contribution in [3.8, 4) is 5.75 Å². The van der Waals surface area contributed by atoms with Crippen molar-refractivity contribution in [3.05, 3.63) is 102 Å². The molecule has 2 N–H and O–H groups in total. The molecule has 3 aromatic carbocycles. The number of benzene rings is 3. The number of hydrogen-bond donors (Lipinski definition) is 2. The number of methoxy groups -OCH3 is 1. The van der Waals surface area contributed by atoms with Crippen molar-refractivity contribution in [2.45, 2.75) is 32.3 Å². The maximum atomic E-state index is 12.7. The molecule has 0 saturated carbocycles. The standard InChI is InChI=1S/C27H31NO3/c1-26(2,3)25(29)28-19-24(20-15-17-23(31-4)18-16-20)27(30,21-11-7-5-8-12-21)22-13-9-6-10-14-22/h5-18,24,30H,19H2,1-4H3,(H,28,29). The molecule has 31 heavy (non-hydrogen) atoms. The highest BCUT2D eigenvalue weighted by Gasteiger charge is 2.41. The normalized spacial score (nSPS) is 12.8. The van der Waals surface area contributed by atoms with E-state index >= 15 is 0 Å². The van der Waals surface area contributed by atoms with Gasteiger partial charge in [0.25, 0.3) is 0 Å². The Hall–Kier alpha value is -3.11. The van der Waals surface area contributed by atoms with E-state index in [9.17, 15) is 9.90 Å². The maximum Gasteiger partial charge on any atom is 0.225 e. The van der Waals surface area contributed by atoms with E-state index in [-0.39, 0.29) is 12.5 Å². The van der Waals surface area contributed by atoms with Crippen molar-refractivity contribution in [1.82, 2.24) is 5.32 Å². The van der Waals surface area contributed by atoms with Gasteiger partial charge in [-0.25, -0.2) is 0 Å². The van der Waals surface area contributed by atoms with Crippen molar-refractivity contribution in [2.24, 2.45) is 5.41 Å². The van der Waals surface area contributed by atoms with E-state index in [4.69, 9.17) is 4.74 Å². The molecule has 4 heteroatoms. The summed E-state index contributed by atoms with van der Waals surface area (Å²) >= 11 is 0. The number of carbonyl (C=O) groups is 1. The third kappa shape index (κ3) is 4.97. The summed E-state index contributed by atoms with van der Waals surface area (Å²) in [6.45, 7) is 5.92. The van der Waals surface area contributed by atoms with Crippen molar-refractivity contribution < 1.29 is 14.6 Å². The van der Waals surface area contributed by atoms with Crippen LogP contribution in [0.4, 0.5) is 0 Å². The van der Waals surface area contributed by atoms with Gasteiger partial charge in [0.15, 0.2) is 0 Å². The van der Waals surface area contributed by atoms with Gasteiger partial charge < -0.3 is 15.2 Å². The average molecular weight is 418 g/mol. The molecular weight excluding hydrogens is 386 g/mol. The Balaban J connectivity index is 2.13. The second-order valence-electron chi connectivity index (χ2n) is 8.78. The zero-order chi connectivity index (χ0) is 22.5. The van der Waals surface area contributed by atoms with Crippen molar-refractivity contribution >= 4 is 5.91 Å². The fourth-order valence-corrected chi connectivity index (χ4v) is 3.76. The number of aliphatic hydroxyl groups is 1. The molecule has 0 saturated heterocycles. The van der Waals surface area contributed by atoms with Crippen LogP contribution in [0.15, 0.2) is 84.9 Å². The van der Waals surface area contributed by atoms with Crippen LogP contribution >= 0.6 is 0 Å². The monoisotopic (exact) mass is 417 g/mol. The van der Waals surface area contributed by atoms with Gasteiger partial charge in [0.2, 0.25) is 5.91 Å². The van der Waals surface area contributed by atoms with Gasteiger partial charge in [-0.15, -0.1) is 0 Å². The molecule has 1 unspecified atom stereocenters. The Morgan fingerprint density at radius 1 is 0.871 bits per heavy atom. The number of carbonyl (C=O) groups excluding carboxylic acids is 1. The molecule has 1 atom stereocenters. The number of ether oxygens (including phenoxy) is 1. The molecule has 0 aliphatic heterocycles. The van der Waals surface area contributed by atoms with Crippen LogP contribution in [0.2, 0.25) is 0 Å². The summed E-state index contributed by atoms with van der Waals surface area (Å²) in [7, 11) is 1.63. The maximum absolute atomic E-state index is 12.7. The van der Waals surface area contributed by atoms with E-state index in [2.05, 4.69) is 5.32 Å². The molecule has 0 radical (unpaired) electrons. The summed E-state index contributed by atoms with van der Waals surface area (Å²) in [5.74, 6) is 0.258. The molecule has 3 rings (SSSR count). The molecule has 0 aliphatic carbocycles. The number of rotatable bonds is 7. The molecule has 0 aliphatic rings. The largest absolute Gasteiger partial charge is 0.497 e. The quantitative estimate of drug-likeness (QED) is 0.576. The molecule has 3 aromatic rings. The molecule has 162 valence electrons. The van der Waals surface area contributed by atoms with Crippen molar-refractivity contribution in [3.63, 3.8) is 0 Å². The number of nitrogens with one attached hydrogen (secondary N) is 1. The minimum absolute atomic E-state index is 0.0607. The van der Waals surface area contributed by atoms with E-state index < -0.39 is 16.9 Å². The van der Waals surface area contributed by atoms with E-state index in [0.717, 1.165) is 22.4 Å². The van der Waals surface area contributed by atoms with Gasteiger partial charge in [-0.1, -0.05) is 93.6 Å². The second kappa shape index (κ2) is 9.36. The zero-order valence-corrected chi connectivity index (χ0v) is 18.6. The van der Waals surface area contributed by atoms with Crippen LogP contribution in [-0.2, 0) is 10.4 Å². The van der Waals surface area contributed by atoms with Crippen molar-refractivity contribution in [1.29, 1.82) is 0 Å². The molecular formula is C27H31NO3. The summed E-state index contributed by atoms with van der Waals surface area (Å²) in [5, 5.41) is 15.4. The lowest BCUT2D eigenvalue weighted by molar-refractivity contribution is -0.128. The van der Waals surface area contributed by atoms with E-state index in [1.807, 2.05) is 106 Å². The summed E-state index contributed by atoms with van der Waals surface area (Å²) in [5.41, 5.74) is 0.578. The summed E-state index contributed by atoms with van der Waals surface area (Å²) < 4.78 is 5.31. The van der Waals surface area contributed by atoms with Gasteiger partial charge in [0.05, 0.1) is 7.11 Å². The third-order valence-electron chi connectivity index (χ3n) is 5.60. The molecule has 0 spiro atoms. The minimum atomic E-state index is -1.34. The molecule has 0 fully saturated rings. The summed E-state index contributed by atoms with van der Waals surface area (Å²) in [6, 6.07) is 26.9. The molecule has 0 aromatic heterocycles. The van der Waals surface area contributed by atoms with Gasteiger partial charge >= 0.3 is 0 Å². The van der Waals surface area contributed by atoms with Gasteiger partial charge in [-0.05, 0) is 28.8 Å². The van der Waals surface area contributed by atoms with Gasteiger partial charge in [-0.3, -0.25) is 4.79 Å². The van der Waals surface area contributed by atoms with Gasteiger partial charge in [-0.2, -0.15) is 0 Å². The van der Waals surface area contributed by atoms with Crippen LogP contribution in [0.5, 0.6) is 5.75 Å². The SMILES string of the molecule is COc1ccc(C(CNC(=O)C(C)(C)C)C(O)(c2ccccc2)c2ccccc2)cc1. The Bertz CT molecular complexity index is 937. The lowest BCUT2D eigenvalue weighted by Crippen LogP contribution is -2.44. The van der Waals surface area contributed by atoms with Crippen molar-refractivity contribution in [2.75, 3.05) is 13.7 Å². The summed E-state index contributed by atoms with van der Waals surface area (Å²) in [6.07, 6.45) is 0. The number of amides is 1. The Labute approximate surface area is 184 Å². The Kier molecular flexibility index (Phi) is 6.81. The third-order valence-corrected chi connectivity index (χ3v) is 5.60. The predicted octanol–water partition coefficient (Wildman–Crippen LogP) is 4.88. The van der Waals surface area contributed by atoms with Gasteiger partial charge in [0.1, 0.15) is 11.4 Å². The second-order valence-corrected chi connectivity index (χ2v) is 8.78. The highest BCUT2D eigenvalue weighted by atomic mass is 16.5. The van der Waals surface area contributed by atoms with E-state index in [0.29, 0.717) is 0 Å². The smallest absolute Gasteiger partial charge is 0.225 e. The Morgan fingerprint density at radius 3 is 1.77 bits per heavy atom. The lowest BCUT2D eigenvalue weighted by atomic mass is 9.72. The first kappa shape index (κ1) is 22.6. The van der Waals surface area contributed by atoms with Crippen LogP contribution in [0.25, 0.3) is 0 Å². The molecule has 0 bridgehead atoms. The first-order chi connectivity index (χ1) is 14.8. The van der Waals surface area contributed by atoms with E-state index in [1.165, 1.54) is 0 Å². The van der Waals surface area contributed by atoms with Crippen LogP contribution < -0.4 is 10.1 Å². The van der Waals surface area contributed by atoms with E-state index in [1.54, 1.807) is 7.11 Å². The molecule has 1 amide bonds. The molecule has 4 nitrogen and oxygen atoms in total. The fourth-order valence-electron chi connectivity index (χ4n) is 3.76. The Morgan fingerprint density at radius 2 is 1.35 bits per heavy atom. The highest BCUT2D eigenvalue weighted by Crippen LogP contribution is 2.42. The fraction of sp³-hybridized carbons (Fsp3) is 0.296. The van der Waals surface area contributed by atoms with Crippen LogP contribution in [0, 0.1) is 5.41 Å². The first-order valence-electron chi connectivity index (χ1n) is 10.5. The number of hydrogen-bond acceptors (Lipinski definition) is 3. The zero-order valence-electron chi connectivity index (χ0n) is 18.6.